The van der Waals surface area contributed by atoms with Gasteiger partial charge in [-0.05, 0) is 13.0 Å². The molecule has 0 aliphatic carbocycles. The number of benzene rings is 1. The molecule has 1 amide bonds. The molecule has 0 bridgehead atoms. The van der Waals surface area contributed by atoms with Crippen LogP contribution in [-0.4, -0.2) is 55.2 Å². The summed E-state index contributed by atoms with van der Waals surface area (Å²) in [5.74, 6) is -0.106. The van der Waals surface area contributed by atoms with Crippen molar-refractivity contribution in [3.63, 3.8) is 0 Å². The van der Waals surface area contributed by atoms with Gasteiger partial charge in [0.2, 0.25) is 0 Å². The van der Waals surface area contributed by atoms with Crippen molar-refractivity contribution < 1.29 is 9.53 Å². The third-order valence-electron chi connectivity index (χ3n) is 3.94. The van der Waals surface area contributed by atoms with Crippen LogP contribution in [0.3, 0.4) is 0 Å². The number of rotatable bonds is 6. The van der Waals surface area contributed by atoms with E-state index in [1.165, 1.54) is 11.3 Å². The second kappa shape index (κ2) is 8.23. The van der Waals surface area contributed by atoms with E-state index in [4.69, 9.17) is 10.5 Å². The van der Waals surface area contributed by atoms with Gasteiger partial charge in [0, 0.05) is 25.2 Å². The third-order valence-corrected chi connectivity index (χ3v) is 4.82. The zero-order chi connectivity index (χ0) is 16.8. The van der Waals surface area contributed by atoms with Crippen LogP contribution >= 0.6 is 11.3 Å². The molecule has 7 heteroatoms. The number of ether oxygens (including phenoxy) is 1. The molecule has 6 nitrogen and oxygen atoms in total. The topological polar surface area (TPSA) is 80.5 Å². The van der Waals surface area contributed by atoms with Crippen molar-refractivity contribution in [2.24, 2.45) is 0 Å². The molecule has 24 heavy (non-hydrogen) atoms. The van der Waals surface area contributed by atoms with Gasteiger partial charge >= 0.3 is 0 Å². The maximum atomic E-state index is 12.5. The van der Waals surface area contributed by atoms with Crippen LogP contribution < -0.4 is 11.1 Å². The van der Waals surface area contributed by atoms with Crippen molar-refractivity contribution in [3.8, 4) is 11.3 Å². The molecule has 0 radical (unpaired) electrons. The van der Waals surface area contributed by atoms with Crippen LogP contribution in [0, 0.1) is 0 Å². The number of hydrogen-bond donors (Lipinski definition) is 2. The standard InChI is InChI=1S/C17H22N4O2S/c18-17-20-14(13-5-2-1-3-6-13)15(24-17)16(22)19-7-4-8-21-9-11-23-12-10-21/h1-3,5-6H,4,7-12H2,(H2,18,20)(H,19,22). The molecule has 1 aliphatic heterocycles. The van der Waals surface area contributed by atoms with Gasteiger partial charge in [-0.3, -0.25) is 9.69 Å². The maximum absolute atomic E-state index is 12.5. The van der Waals surface area contributed by atoms with Gasteiger partial charge in [-0.25, -0.2) is 4.98 Å². The summed E-state index contributed by atoms with van der Waals surface area (Å²) in [5.41, 5.74) is 7.38. The highest BCUT2D eigenvalue weighted by molar-refractivity contribution is 7.17. The van der Waals surface area contributed by atoms with E-state index < -0.39 is 0 Å². The second-order valence-electron chi connectivity index (χ2n) is 5.66. The van der Waals surface area contributed by atoms with E-state index in [9.17, 15) is 4.79 Å². The van der Waals surface area contributed by atoms with Crippen LogP contribution in [0.1, 0.15) is 16.1 Å². The van der Waals surface area contributed by atoms with Gasteiger partial charge in [-0.1, -0.05) is 41.7 Å². The lowest BCUT2D eigenvalue weighted by molar-refractivity contribution is 0.0374. The first kappa shape index (κ1) is 16.9. The molecule has 1 saturated heterocycles. The van der Waals surface area contributed by atoms with Crippen LogP contribution in [-0.2, 0) is 4.74 Å². The van der Waals surface area contributed by atoms with Gasteiger partial charge in [0.15, 0.2) is 5.13 Å². The number of nitrogen functional groups attached to an aromatic ring is 1. The van der Waals surface area contributed by atoms with Crippen LogP contribution in [0.5, 0.6) is 0 Å². The molecule has 3 N–H and O–H groups in total. The molecule has 0 atom stereocenters. The van der Waals surface area contributed by atoms with Crippen molar-refractivity contribution >= 4 is 22.4 Å². The summed E-state index contributed by atoms with van der Waals surface area (Å²) in [5, 5.41) is 3.39. The third kappa shape index (κ3) is 4.31. The normalized spacial score (nSPS) is 15.3. The first-order chi connectivity index (χ1) is 11.7. The number of aromatic nitrogens is 1. The molecule has 0 spiro atoms. The van der Waals surface area contributed by atoms with Gasteiger partial charge in [0.1, 0.15) is 4.88 Å². The Labute approximate surface area is 145 Å². The molecule has 0 saturated carbocycles. The van der Waals surface area contributed by atoms with E-state index in [1.54, 1.807) is 0 Å². The van der Waals surface area contributed by atoms with Gasteiger partial charge in [0.25, 0.3) is 5.91 Å². The minimum absolute atomic E-state index is 0.106. The van der Waals surface area contributed by atoms with Crippen molar-refractivity contribution in [1.82, 2.24) is 15.2 Å². The Morgan fingerprint density at radius 2 is 2.04 bits per heavy atom. The Kier molecular flexibility index (Phi) is 5.79. The second-order valence-corrected chi connectivity index (χ2v) is 6.69. The predicted octanol–water partition coefficient (Wildman–Crippen LogP) is 1.84. The predicted molar refractivity (Wildman–Crippen MR) is 96.2 cm³/mol. The van der Waals surface area contributed by atoms with E-state index in [1.807, 2.05) is 30.3 Å². The SMILES string of the molecule is Nc1nc(-c2ccccc2)c(C(=O)NCCCN2CCOCC2)s1. The van der Waals surface area contributed by atoms with Crippen LogP contribution in [0.4, 0.5) is 5.13 Å². The van der Waals surface area contributed by atoms with Crippen LogP contribution in [0.25, 0.3) is 11.3 Å². The number of nitrogens with two attached hydrogens (primary N) is 1. The summed E-state index contributed by atoms with van der Waals surface area (Å²) in [6, 6.07) is 9.65. The van der Waals surface area contributed by atoms with Crippen molar-refractivity contribution in [2.45, 2.75) is 6.42 Å². The van der Waals surface area contributed by atoms with Crippen molar-refractivity contribution in [3.05, 3.63) is 35.2 Å². The lowest BCUT2D eigenvalue weighted by atomic mass is 10.1. The average molecular weight is 346 g/mol. The smallest absolute Gasteiger partial charge is 0.263 e. The molecule has 0 unspecified atom stereocenters. The summed E-state index contributed by atoms with van der Waals surface area (Å²) in [6.45, 7) is 5.15. The fraction of sp³-hybridized carbons (Fsp3) is 0.412. The molecule has 128 valence electrons. The number of hydrogen-bond acceptors (Lipinski definition) is 6. The minimum atomic E-state index is -0.106. The molecule has 1 aliphatic rings. The van der Waals surface area contributed by atoms with Gasteiger partial charge in [-0.2, -0.15) is 0 Å². The number of amides is 1. The number of morpholine rings is 1. The van der Waals surface area contributed by atoms with Gasteiger partial charge in [0.05, 0.1) is 18.9 Å². The highest BCUT2D eigenvalue weighted by Gasteiger charge is 2.18. The Morgan fingerprint density at radius 3 is 2.79 bits per heavy atom. The zero-order valence-electron chi connectivity index (χ0n) is 13.5. The highest BCUT2D eigenvalue weighted by atomic mass is 32.1. The number of nitrogens with zero attached hydrogens (tertiary/aromatic N) is 2. The Morgan fingerprint density at radius 1 is 1.29 bits per heavy atom. The Balaban J connectivity index is 1.55. The molecule has 1 aromatic carbocycles. The van der Waals surface area contributed by atoms with Crippen LogP contribution in [0.15, 0.2) is 30.3 Å². The molecular formula is C17H22N4O2S. The number of carbonyl (C=O) groups excluding carboxylic acids is 1. The number of carbonyl (C=O) groups is 1. The largest absolute Gasteiger partial charge is 0.379 e. The van der Waals surface area contributed by atoms with Crippen LogP contribution in [0.2, 0.25) is 0 Å². The molecular weight excluding hydrogens is 324 g/mol. The molecule has 3 rings (SSSR count). The average Bonchev–Trinajstić information content (AvgIpc) is 3.02. The zero-order valence-corrected chi connectivity index (χ0v) is 14.3. The van der Waals surface area contributed by atoms with Crippen molar-refractivity contribution in [2.75, 3.05) is 45.1 Å². The van der Waals surface area contributed by atoms with E-state index in [2.05, 4.69) is 15.2 Å². The molecule has 1 fully saturated rings. The summed E-state index contributed by atoms with van der Waals surface area (Å²) in [7, 11) is 0. The fourth-order valence-electron chi connectivity index (χ4n) is 2.69. The van der Waals surface area contributed by atoms with E-state index in [-0.39, 0.29) is 5.91 Å². The summed E-state index contributed by atoms with van der Waals surface area (Å²) in [6.07, 6.45) is 0.917. The van der Waals surface area contributed by atoms with Gasteiger partial charge in [-0.15, -0.1) is 0 Å². The maximum Gasteiger partial charge on any atom is 0.263 e. The highest BCUT2D eigenvalue weighted by Crippen LogP contribution is 2.29. The Hall–Kier alpha value is -1.96. The van der Waals surface area contributed by atoms with E-state index >= 15 is 0 Å². The van der Waals surface area contributed by atoms with Crippen molar-refractivity contribution in [1.29, 1.82) is 0 Å². The van der Waals surface area contributed by atoms with E-state index in [0.717, 1.165) is 44.8 Å². The quantitative estimate of drug-likeness (QED) is 0.780. The monoisotopic (exact) mass is 346 g/mol. The number of thiazole rings is 1. The molecule has 2 aromatic rings. The number of nitrogens with one attached hydrogen (secondary N) is 1. The first-order valence-corrected chi connectivity index (χ1v) is 8.96. The number of anilines is 1. The fourth-order valence-corrected chi connectivity index (χ4v) is 3.46. The Bertz CT molecular complexity index is 668. The lowest BCUT2D eigenvalue weighted by Gasteiger charge is -2.26. The minimum Gasteiger partial charge on any atom is -0.379 e. The summed E-state index contributed by atoms with van der Waals surface area (Å²) in [4.78, 5) is 19.7. The summed E-state index contributed by atoms with van der Waals surface area (Å²) < 4.78 is 5.33. The lowest BCUT2D eigenvalue weighted by Crippen LogP contribution is -2.38. The van der Waals surface area contributed by atoms with Gasteiger partial charge < -0.3 is 15.8 Å². The summed E-state index contributed by atoms with van der Waals surface area (Å²) >= 11 is 1.23. The van der Waals surface area contributed by atoms with E-state index in [0.29, 0.717) is 22.2 Å². The first-order valence-electron chi connectivity index (χ1n) is 8.14. The molecule has 2 heterocycles. The molecule has 1 aromatic heterocycles.